The molecule has 110 heavy (non-hydrogen) atoms. The molecule has 0 saturated heterocycles. The van der Waals surface area contributed by atoms with Gasteiger partial charge in [0.1, 0.15) is 22.4 Å². The molecule has 13 aromatic rings. The van der Waals surface area contributed by atoms with Crippen molar-refractivity contribution < 1.29 is 86.9 Å². The number of aryl methyl sites for hydroxylation is 7. The van der Waals surface area contributed by atoms with Crippen molar-refractivity contribution >= 4 is 56.2 Å². The zero-order chi connectivity index (χ0) is 74.8. The van der Waals surface area contributed by atoms with Gasteiger partial charge in [0.15, 0.2) is 34.7 Å². The molecule has 0 bridgehead atoms. The first kappa shape index (κ1) is 85.0. The molecule has 0 fully saturated rings. The van der Waals surface area contributed by atoms with Crippen molar-refractivity contribution in [1.29, 1.82) is 0 Å². The quantitative estimate of drug-likeness (QED) is 0.0647. The molecule has 5 aliphatic rings. The molecule has 13 aromatic carbocycles. The molecule has 0 heterocycles. The van der Waals surface area contributed by atoms with E-state index in [2.05, 4.69) is 63.2 Å². The van der Waals surface area contributed by atoms with Gasteiger partial charge in [-0.05, 0) is 165 Å². The summed E-state index contributed by atoms with van der Waals surface area (Å²) in [7, 11) is 0. The number of aliphatic hydroxyl groups is 4. The van der Waals surface area contributed by atoms with Crippen LogP contribution in [0.2, 0.25) is 0 Å². The summed E-state index contributed by atoms with van der Waals surface area (Å²) >= 11 is 0. The molecule has 0 aromatic heterocycles. The predicted octanol–water partition coefficient (Wildman–Crippen LogP) is 14.1. The molecule has 18 rings (SSSR count). The van der Waals surface area contributed by atoms with E-state index >= 15 is 0 Å². The van der Waals surface area contributed by atoms with Crippen LogP contribution in [0.4, 0.5) is 0 Å². The fourth-order valence-electron chi connectivity index (χ4n) is 15.4. The van der Waals surface area contributed by atoms with Gasteiger partial charge in [-0.25, -0.2) is 0 Å². The van der Waals surface area contributed by atoms with Gasteiger partial charge >= 0.3 is 37.7 Å². The number of ketones is 6. The molecular weight excluding hydrogens is 1350 g/mol. The van der Waals surface area contributed by atoms with Crippen molar-refractivity contribution in [3.05, 3.63) is 426 Å². The smallest absolute Gasteiger partial charge is 0.381 e. The van der Waals surface area contributed by atoms with E-state index in [4.69, 9.17) is 0 Å². The fraction of sp³-hybridized carbons (Fsp3) is 0.163. The summed E-state index contributed by atoms with van der Waals surface area (Å²) in [5.41, 5.74) is 16.3. The number of hydrogen-bond acceptors (Lipinski definition) is 10. The molecule has 4 atom stereocenters. The number of rotatable bonds is 0. The number of carbonyl (C=O) groups is 6. The van der Waals surface area contributed by atoms with E-state index < -0.39 is 22.4 Å². The topological polar surface area (TPSA) is 183 Å². The van der Waals surface area contributed by atoms with Crippen molar-refractivity contribution in [2.75, 3.05) is 0 Å². The number of fused-ring (bicyclic) bond motifs is 12. The van der Waals surface area contributed by atoms with E-state index in [1.54, 1.807) is 149 Å². The van der Waals surface area contributed by atoms with Crippen molar-refractivity contribution in [3.63, 3.8) is 0 Å². The Morgan fingerprint density at radius 1 is 0.209 bits per heavy atom. The summed E-state index contributed by atoms with van der Waals surface area (Å²) in [6.07, 6.45) is 0. The van der Waals surface area contributed by atoms with Crippen molar-refractivity contribution in [1.82, 2.24) is 0 Å². The van der Waals surface area contributed by atoms with Gasteiger partial charge in [-0.15, -0.1) is 0 Å². The molecule has 12 heteroatoms. The molecule has 0 aliphatic heterocycles. The molecule has 0 radical (unpaired) electrons. The van der Waals surface area contributed by atoms with Gasteiger partial charge in [-0.2, -0.15) is 0 Å². The van der Waals surface area contributed by atoms with Gasteiger partial charge in [0.25, 0.3) is 0 Å². The second kappa shape index (κ2) is 33.3. The van der Waals surface area contributed by atoms with Crippen LogP contribution < -0.4 is 37.7 Å². The Bertz CT molecular complexity index is 5460. The maximum Gasteiger partial charge on any atom is 1.00 e. The first-order valence-electron chi connectivity index (χ1n) is 35.1. The summed E-state index contributed by atoms with van der Waals surface area (Å²) in [6, 6.07) is 80.8. The summed E-state index contributed by atoms with van der Waals surface area (Å²) in [4.78, 5) is 73.1. The van der Waals surface area contributed by atoms with Crippen LogP contribution in [0.3, 0.4) is 0 Å². The Morgan fingerprint density at radius 3 is 0.700 bits per heavy atom. The Kier molecular flexibility index (Phi) is 25.8. The minimum atomic E-state index is -1.07. The Hall–Kier alpha value is -10.6. The standard InChI is InChI=1S/2C17H18O2.C17H16.2C15H10O2.C14H8O2.CH4.2CH3.2Li/c2*1-11-8-9-14-15(10-11)17(3,19)13-7-5-4-6-12(13)16(14,2)18;1-11-8-9-16-12(2)14-6-4-5-7-15(14)13(3)17(16)10-11;2*1-9-6-7-12-13(8-9)15(17)11-5-3-2-4-10(11)14(12)16;15-13-9-5-1-2-6-10(9)14(16)12-8-4-3-7-11(12)13;;;;;/h2*4-10,18-19H,1-3H3;4-10H,1-3H3;2*2-8H,1H3;1-8H;1H4;2*1H3;;/q;;;;;;;2*-1;2*+1. The summed E-state index contributed by atoms with van der Waals surface area (Å²) in [5, 5.41) is 49.2. The SMILES string of the molecule is C.Cc1ccc2c(C)c3ccccc3c(C)c2c1.Cc1ccc2c(c1)C(=O)c1ccccc1C2=O.Cc1ccc2c(c1)C(=O)c1ccccc1C2=O.Cc1ccc2c(c1)C(C)(O)c1ccccc1C2(C)O.Cc1ccc2c(c1)C(C)(O)c1ccccc1C2(C)O.O=C1c2ccccc2C(=O)c2ccccc21.[CH3-].[CH3-].[Li+].[Li+]. The Balaban J connectivity index is 0.000000165. The third-order valence-corrected chi connectivity index (χ3v) is 21.1. The van der Waals surface area contributed by atoms with Crippen LogP contribution >= 0.6 is 0 Å². The van der Waals surface area contributed by atoms with Crippen LogP contribution in [0.25, 0.3) is 21.5 Å². The Morgan fingerprint density at radius 2 is 0.400 bits per heavy atom. The zero-order valence-corrected chi connectivity index (χ0v) is 64.6. The second-order valence-electron chi connectivity index (χ2n) is 28.6. The van der Waals surface area contributed by atoms with Crippen LogP contribution in [0.15, 0.2) is 261 Å². The number of carbonyl (C=O) groups excluding carboxylic acids is 6. The minimum Gasteiger partial charge on any atom is -0.381 e. The van der Waals surface area contributed by atoms with E-state index in [0.717, 1.165) is 66.8 Å². The average molecular weight is 1440 g/mol. The number of benzene rings is 13. The molecule has 4 N–H and O–H groups in total. The maximum absolute atomic E-state index is 12.3. The van der Waals surface area contributed by atoms with Crippen LogP contribution in [-0.2, 0) is 22.4 Å². The molecule has 0 saturated carbocycles. The normalized spacial score (nSPS) is 17.7. The van der Waals surface area contributed by atoms with Crippen molar-refractivity contribution in [2.45, 2.75) is 106 Å². The molecule has 10 nitrogen and oxygen atoms in total. The molecule has 4 unspecified atom stereocenters. The van der Waals surface area contributed by atoms with Crippen LogP contribution in [0.1, 0.15) is 214 Å². The van der Waals surface area contributed by atoms with Crippen LogP contribution in [-0.4, -0.2) is 55.1 Å². The summed E-state index contributed by atoms with van der Waals surface area (Å²) in [6.45, 7) is 21.6. The van der Waals surface area contributed by atoms with Gasteiger partial charge in [0, 0.05) is 66.8 Å². The first-order valence-corrected chi connectivity index (χ1v) is 35.1. The van der Waals surface area contributed by atoms with E-state index in [0.29, 0.717) is 66.8 Å². The molecule has 5 aliphatic carbocycles. The van der Waals surface area contributed by atoms with E-state index in [1.807, 2.05) is 125 Å². The van der Waals surface area contributed by atoms with Crippen molar-refractivity contribution in [2.24, 2.45) is 0 Å². The molecule has 0 amide bonds. The zero-order valence-electron chi connectivity index (χ0n) is 64.6. The first-order chi connectivity index (χ1) is 50.0. The predicted molar refractivity (Wildman–Crippen MR) is 434 cm³/mol. The summed E-state index contributed by atoms with van der Waals surface area (Å²) in [5.74, 6) is -0.361. The van der Waals surface area contributed by atoms with Crippen LogP contribution in [0, 0.1) is 63.3 Å². The van der Waals surface area contributed by atoms with Gasteiger partial charge < -0.3 is 35.3 Å². The van der Waals surface area contributed by atoms with E-state index in [9.17, 15) is 49.2 Å². The summed E-state index contributed by atoms with van der Waals surface area (Å²) < 4.78 is 0. The monoisotopic (exact) mass is 1440 g/mol. The molecule has 544 valence electrons. The van der Waals surface area contributed by atoms with E-state index in [-0.39, 0.29) is 94.7 Å². The van der Waals surface area contributed by atoms with Gasteiger partial charge in [-0.3, -0.25) is 28.8 Å². The van der Waals surface area contributed by atoms with Gasteiger partial charge in [0.2, 0.25) is 0 Å². The minimum absolute atomic E-state index is 0. The third kappa shape index (κ3) is 15.3. The van der Waals surface area contributed by atoms with Gasteiger partial charge in [0.05, 0.1) is 0 Å². The number of hydrogen-bond donors (Lipinski definition) is 4. The average Bonchev–Trinajstić information content (AvgIpc) is 0.720. The van der Waals surface area contributed by atoms with Crippen LogP contribution in [0.5, 0.6) is 0 Å². The van der Waals surface area contributed by atoms with Gasteiger partial charge in [-0.1, -0.05) is 284 Å². The maximum atomic E-state index is 12.3. The largest absolute Gasteiger partial charge is 1.00 e. The molecule has 0 spiro atoms. The fourth-order valence-corrected chi connectivity index (χ4v) is 15.4. The van der Waals surface area contributed by atoms with Crippen molar-refractivity contribution in [3.8, 4) is 0 Å². The Labute approximate surface area is 670 Å². The molecular formula is C98H90Li2O10. The third-order valence-electron chi connectivity index (χ3n) is 21.1. The van der Waals surface area contributed by atoms with E-state index in [1.165, 1.54) is 38.2 Å². The second-order valence-corrected chi connectivity index (χ2v) is 28.6.